The van der Waals surface area contributed by atoms with Crippen molar-refractivity contribution in [3.05, 3.63) is 58.9 Å². The van der Waals surface area contributed by atoms with Crippen LogP contribution in [-0.4, -0.2) is 40.6 Å². The summed E-state index contributed by atoms with van der Waals surface area (Å²) in [6.45, 7) is 4.37. The van der Waals surface area contributed by atoms with Gasteiger partial charge in [0, 0.05) is 40.8 Å². The fourth-order valence-electron chi connectivity index (χ4n) is 4.29. The van der Waals surface area contributed by atoms with Crippen molar-refractivity contribution >= 4 is 29.1 Å². The van der Waals surface area contributed by atoms with Gasteiger partial charge in [-0.2, -0.15) is 5.26 Å². The summed E-state index contributed by atoms with van der Waals surface area (Å²) in [7, 11) is 0. The van der Waals surface area contributed by atoms with E-state index < -0.39 is 6.09 Å². The van der Waals surface area contributed by atoms with E-state index in [-0.39, 0.29) is 18.7 Å². The van der Waals surface area contributed by atoms with Gasteiger partial charge in [0.25, 0.3) is 0 Å². The van der Waals surface area contributed by atoms with E-state index in [4.69, 9.17) is 4.74 Å². The van der Waals surface area contributed by atoms with Gasteiger partial charge in [0.2, 0.25) is 0 Å². The van der Waals surface area contributed by atoms with Crippen LogP contribution >= 0.6 is 0 Å². The Kier molecular flexibility index (Phi) is 6.08. The van der Waals surface area contributed by atoms with Gasteiger partial charge in [0.05, 0.1) is 30.8 Å². The number of fused-ring (bicyclic) bond motifs is 3. The minimum absolute atomic E-state index is 0.0748. The van der Waals surface area contributed by atoms with Crippen LogP contribution in [0.25, 0.3) is 10.9 Å². The van der Waals surface area contributed by atoms with Crippen LogP contribution in [0.15, 0.2) is 36.5 Å². The van der Waals surface area contributed by atoms with Crippen LogP contribution in [0.4, 0.5) is 10.6 Å². The van der Waals surface area contributed by atoms with E-state index in [1.54, 1.807) is 6.20 Å². The highest BCUT2D eigenvalue weighted by molar-refractivity contribution is 5.88. The summed E-state index contributed by atoms with van der Waals surface area (Å²) in [4.78, 5) is 27.3. The van der Waals surface area contributed by atoms with Gasteiger partial charge < -0.3 is 24.7 Å². The molecule has 0 unspecified atom stereocenters. The number of rotatable bonds is 7. The predicted molar refractivity (Wildman–Crippen MR) is 120 cm³/mol. The maximum absolute atomic E-state index is 12.1. The molecular formula is C24H25N5O3. The van der Waals surface area contributed by atoms with Gasteiger partial charge in [-0.05, 0) is 50.1 Å². The molecule has 0 saturated carbocycles. The summed E-state index contributed by atoms with van der Waals surface area (Å²) < 4.78 is 7.46. The third-order valence-corrected chi connectivity index (χ3v) is 5.54. The molecule has 0 spiro atoms. The molecule has 2 heterocycles. The quantitative estimate of drug-likeness (QED) is 0.556. The minimum Gasteiger partial charge on any atom is -0.447 e. The monoisotopic (exact) mass is 431 g/mol. The zero-order chi connectivity index (χ0) is 22.7. The van der Waals surface area contributed by atoms with Crippen molar-refractivity contribution in [1.29, 1.82) is 5.26 Å². The number of hydrogen-bond donors (Lipinski definition) is 2. The second-order valence-corrected chi connectivity index (χ2v) is 8.12. The molecule has 1 atom stereocenters. The highest BCUT2D eigenvalue weighted by Gasteiger charge is 2.30. The molecule has 8 nitrogen and oxygen atoms in total. The van der Waals surface area contributed by atoms with Gasteiger partial charge in [-0.1, -0.05) is 6.07 Å². The molecule has 4 rings (SSSR count). The average molecular weight is 431 g/mol. The summed E-state index contributed by atoms with van der Waals surface area (Å²) >= 11 is 0. The van der Waals surface area contributed by atoms with E-state index in [0.29, 0.717) is 30.8 Å². The van der Waals surface area contributed by atoms with Crippen LogP contribution < -0.4 is 10.6 Å². The minimum atomic E-state index is -0.420. The number of anilines is 1. The maximum atomic E-state index is 12.1. The molecule has 8 heteroatoms. The Bertz CT molecular complexity index is 1210. The van der Waals surface area contributed by atoms with E-state index in [0.717, 1.165) is 34.0 Å². The van der Waals surface area contributed by atoms with Crippen molar-refractivity contribution in [2.45, 2.75) is 45.4 Å². The fourth-order valence-corrected chi connectivity index (χ4v) is 4.29. The molecule has 32 heavy (non-hydrogen) atoms. The Balaban J connectivity index is 1.70. The van der Waals surface area contributed by atoms with Crippen molar-refractivity contribution < 1.29 is 14.3 Å². The SMILES string of the molecule is CC(C)OC(=O)N[C@H]1Cc2c(n(Cc3cccnc3NCC=O)c3ccc(C#N)cc23)C1. The number of carbonyl (C=O) groups is 2. The van der Waals surface area contributed by atoms with E-state index in [1.165, 1.54) is 0 Å². The normalized spacial score (nSPS) is 14.8. The van der Waals surface area contributed by atoms with Crippen molar-refractivity contribution in [2.75, 3.05) is 11.9 Å². The molecule has 0 bridgehead atoms. The van der Waals surface area contributed by atoms with Crippen molar-refractivity contribution in [1.82, 2.24) is 14.9 Å². The molecule has 2 N–H and O–H groups in total. The lowest BCUT2D eigenvalue weighted by atomic mass is 10.1. The standard InChI is InChI=1S/C24H25N5O3/c1-15(2)32-24(31)28-18-11-20-19-10-16(13-25)5-6-21(19)29(22(20)12-18)14-17-4-3-7-26-23(17)27-8-9-30/h3-7,9-10,15,18H,8,11-12,14H2,1-2H3,(H,26,27)(H,28,31)/t18-/m0/s1. The van der Waals surface area contributed by atoms with Gasteiger partial charge in [0.1, 0.15) is 12.1 Å². The molecule has 1 aliphatic carbocycles. The Labute approximate surface area is 186 Å². The number of nitrogens with zero attached hydrogens (tertiary/aromatic N) is 3. The summed E-state index contributed by atoms with van der Waals surface area (Å²) in [6.07, 6.45) is 3.22. The molecule has 3 aromatic rings. The smallest absolute Gasteiger partial charge is 0.407 e. The first kappa shape index (κ1) is 21.4. The number of benzene rings is 1. The molecule has 0 fully saturated rings. The highest BCUT2D eigenvalue weighted by atomic mass is 16.6. The van der Waals surface area contributed by atoms with Gasteiger partial charge in [-0.15, -0.1) is 0 Å². The molecule has 1 aromatic carbocycles. The van der Waals surface area contributed by atoms with Crippen LogP contribution in [0.3, 0.4) is 0 Å². The lowest BCUT2D eigenvalue weighted by Crippen LogP contribution is -2.37. The first-order valence-electron chi connectivity index (χ1n) is 10.6. The summed E-state index contributed by atoms with van der Waals surface area (Å²) in [5, 5.41) is 16.4. The number of alkyl carbamates (subject to hydrolysis) is 1. The van der Waals surface area contributed by atoms with E-state index in [9.17, 15) is 14.9 Å². The van der Waals surface area contributed by atoms with Crippen LogP contribution in [0.2, 0.25) is 0 Å². The molecule has 164 valence electrons. The second-order valence-electron chi connectivity index (χ2n) is 8.12. The van der Waals surface area contributed by atoms with Crippen molar-refractivity contribution in [3.8, 4) is 6.07 Å². The first-order chi connectivity index (χ1) is 15.5. The van der Waals surface area contributed by atoms with Gasteiger partial charge in [0.15, 0.2) is 0 Å². The molecular weight excluding hydrogens is 406 g/mol. The number of hydrogen-bond acceptors (Lipinski definition) is 6. The van der Waals surface area contributed by atoms with Crippen molar-refractivity contribution in [3.63, 3.8) is 0 Å². The number of amides is 1. The Morgan fingerprint density at radius 2 is 2.22 bits per heavy atom. The number of aldehydes is 1. The van der Waals surface area contributed by atoms with Gasteiger partial charge >= 0.3 is 6.09 Å². The zero-order valence-electron chi connectivity index (χ0n) is 18.1. The predicted octanol–water partition coefficient (Wildman–Crippen LogP) is 3.17. The lowest BCUT2D eigenvalue weighted by molar-refractivity contribution is -0.106. The summed E-state index contributed by atoms with van der Waals surface area (Å²) in [5.74, 6) is 0.664. The average Bonchev–Trinajstić information content (AvgIpc) is 3.29. The van der Waals surface area contributed by atoms with E-state index >= 15 is 0 Å². The number of carbonyl (C=O) groups excluding carboxylic acids is 2. The third kappa shape index (κ3) is 4.28. The van der Waals surface area contributed by atoms with Crippen LogP contribution in [0.1, 0.15) is 36.2 Å². The number of nitriles is 1. The maximum Gasteiger partial charge on any atom is 0.407 e. The Hall–Kier alpha value is -3.86. The third-order valence-electron chi connectivity index (χ3n) is 5.54. The number of ether oxygens (including phenoxy) is 1. The Morgan fingerprint density at radius 3 is 2.97 bits per heavy atom. The molecule has 2 aromatic heterocycles. The van der Waals surface area contributed by atoms with Crippen LogP contribution in [-0.2, 0) is 28.9 Å². The molecule has 1 aliphatic rings. The van der Waals surface area contributed by atoms with Crippen molar-refractivity contribution in [2.24, 2.45) is 0 Å². The Morgan fingerprint density at radius 1 is 1.38 bits per heavy atom. The van der Waals surface area contributed by atoms with Gasteiger partial charge in [-0.25, -0.2) is 9.78 Å². The van der Waals surface area contributed by atoms with Crippen LogP contribution in [0, 0.1) is 11.3 Å². The number of aromatic nitrogens is 2. The topological polar surface area (TPSA) is 109 Å². The van der Waals surface area contributed by atoms with E-state index in [2.05, 4.69) is 26.3 Å². The fraction of sp³-hybridized carbons (Fsp3) is 0.333. The number of nitrogens with one attached hydrogen (secondary N) is 2. The lowest BCUT2D eigenvalue weighted by Gasteiger charge is -2.17. The van der Waals surface area contributed by atoms with Gasteiger partial charge in [-0.3, -0.25) is 0 Å². The molecule has 0 radical (unpaired) electrons. The summed E-state index contributed by atoms with van der Waals surface area (Å²) in [5.41, 5.74) is 4.84. The molecule has 1 amide bonds. The molecule has 0 aliphatic heterocycles. The first-order valence-corrected chi connectivity index (χ1v) is 10.6. The van der Waals surface area contributed by atoms with E-state index in [1.807, 2.05) is 44.2 Å². The van der Waals surface area contributed by atoms with Crippen LogP contribution in [0.5, 0.6) is 0 Å². The number of pyridine rings is 1. The zero-order valence-corrected chi connectivity index (χ0v) is 18.1. The second kappa shape index (κ2) is 9.10. The largest absolute Gasteiger partial charge is 0.447 e. The molecule has 0 saturated heterocycles. The highest BCUT2D eigenvalue weighted by Crippen LogP contribution is 2.35. The summed E-state index contributed by atoms with van der Waals surface area (Å²) in [6, 6.07) is 11.7.